The van der Waals surface area contributed by atoms with Gasteiger partial charge in [-0.1, -0.05) is 19.8 Å². The third-order valence-corrected chi connectivity index (χ3v) is 4.82. The lowest BCUT2D eigenvalue weighted by Crippen LogP contribution is -2.43. The maximum Gasteiger partial charge on any atom is 0.265 e. The summed E-state index contributed by atoms with van der Waals surface area (Å²) < 4.78 is 5.55. The monoisotopic (exact) mass is 333 g/mol. The molecule has 0 radical (unpaired) electrons. The first-order chi connectivity index (χ1) is 11.0. The highest BCUT2D eigenvalue weighted by atomic mass is 32.1. The van der Waals surface area contributed by atoms with Crippen LogP contribution in [0, 0.1) is 5.92 Å². The molecule has 5 nitrogen and oxygen atoms in total. The van der Waals surface area contributed by atoms with E-state index in [1.54, 1.807) is 6.92 Å². The van der Waals surface area contributed by atoms with Crippen molar-refractivity contribution < 1.29 is 9.53 Å². The second kappa shape index (κ2) is 6.74. The minimum absolute atomic E-state index is 0.133. The number of anilines is 2. The van der Waals surface area contributed by atoms with Gasteiger partial charge in [0.25, 0.3) is 5.91 Å². The average Bonchev–Trinajstić information content (AvgIpc) is 2.51. The molecular weight excluding hydrogens is 310 g/mol. The Morgan fingerprint density at radius 1 is 1.30 bits per heavy atom. The van der Waals surface area contributed by atoms with Crippen molar-refractivity contribution in [1.82, 2.24) is 5.32 Å². The predicted molar refractivity (Wildman–Crippen MR) is 95.9 cm³/mol. The van der Waals surface area contributed by atoms with Crippen LogP contribution < -0.4 is 20.7 Å². The van der Waals surface area contributed by atoms with E-state index >= 15 is 0 Å². The van der Waals surface area contributed by atoms with Crippen molar-refractivity contribution in [2.24, 2.45) is 5.92 Å². The van der Waals surface area contributed by atoms with E-state index in [1.807, 2.05) is 18.2 Å². The quantitative estimate of drug-likeness (QED) is 0.725. The Labute approximate surface area is 142 Å². The van der Waals surface area contributed by atoms with Gasteiger partial charge >= 0.3 is 0 Å². The van der Waals surface area contributed by atoms with Crippen molar-refractivity contribution >= 4 is 34.6 Å². The predicted octanol–water partition coefficient (Wildman–Crippen LogP) is 3.27. The van der Waals surface area contributed by atoms with Crippen LogP contribution in [0.25, 0.3) is 0 Å². The van der Waals surface area contributed by atoms with E-state index in [4.69, 9.17) is 17.0 Å². The Balaban J connectivity index is 1.63. The molecule has 0 bridgehead atoms. The molecule has 23 heavy (non-hydrogen) atoms. The van der Waals surface area contributed by atoms with Crippen LogP contribution in [0.5, 0.6) is 5.75 Å². The van der Waals surface area contributed by atoms with Crippen LogP contribution in [0.1, 0.15) is 39.5 Å². The van der Waals surface area contributed by atoms with Gasteiger partial charge in [0.1, 0.15) is 5.75 Å². The van der Waals surface area contributed by atoms with Gasteiger partial charge < -0.3 is 20.7 Å². The topological polar surface area (TPSA) is 62.4 Å². The number of fused-ring (bicyclic) bond motifs is 1. The Kier molecular flexibility index (Phi) is 4.71. The van der Waals surface area contributed by atoms with Gasteiger partial charge in [0.05, 0.1) is 5.69 Å². The summed E-state index contributed by atoms with van der Waals surface area (Å²) in [5.74, 6) is 1.19. The van der Waals surface area contributed by atoms with Crippen LogP contribution >= 0.6 is 12.2 Å². The number of nitrogens with one attached hydrogen (secondary N) is 3. The molecule has 0 unspecified atom stereocenters. The van der Waals surface area contributed by atoms with Crippen LogP contribution in [0.3, 0.4) is 0 Å². The van der Waals surface area contributed by atoms with Gasteiger partial charge in [-0.3, -0.25) is 4.79 Å². The number of rotatable bonds is 2. The molecule has 6 heteroatoms. The summed E-state index contributed by atoms with van der Waals surface area (Å²) in [5.41, 5.74) is 1.51. The standard InChI is InChI=1S/C17H23N3O2S/c1-10-5-3-4-6-13(10)20-17(23)18-12-7-8-15-14(9-12)19-16(21)11(2)22-15/h7-11,13H,3-6H2,1-2H3,(H,19,21)(H2,18,20,23)/t10-,11-,13-/m0/s1. The average molecular weight is 333 g/mol. The van der Waals surface area contributed by atoms with Gasteiger partial charge in [0.15, 0.2) is 11.2 Å². The molecule has 1 heterocycles. The molecule has 124 valence electrons. The number of hydrogen-bond donors (Lipinski definition) is 3. The van der Waals surface area contributed by atoms with E-state index in [9.17, 15) is 4.79 Å². The van der Waals surface area contributed by atoms with Gasteiger partial charge in [0.2, 0.25) is 0 Å². The van der Waals surface area contributed by atoms with E-state index in [-0.39, 0.29) is 5.91 Å². The Hall–Kier alpha value is -1.82. The van der Waals surface area contributed by atoms with Crippen molar-refractivity contribution in [3.63, 3.8) is 0 Å². The normalized spacial score (nSPS) is 26.5. The molecule has 1 aromatic rings. The summed E-state index contributed by atoms with van der Waals surface area (Å²) >= 11 is 5.43. The fourth-order valence-electron chi connectivity index (χ4n) is 3.15. The van der Waals surface area contributed by atoms with Gasteiger partial charge in [-0.2, -0.15) is 0 Å². The van der Waals surface area contributed by atoms with Gasteiger partial charge in [-0.15, -0.1) is 0 Å². The van der Waals surface area contributed by atoms with Crippen LogP contribution in [0.4, 0.5) is 11.4 Å². The molecular formula is C17H23N3O2S. The smallest absolute Gasteiger partial charge is 0.265 e. The number of hydrogen-bond acceptors (Lipinski definition) is 3. The molecule has 3 N–H and O–H groups in total. The molecule has 1 fully saturated rings. The van der Waals surface area contributed by atoms with Crippen molar-refractivity contribution in [3.8, 4) is 5.75 Å². The highest BCUT2D eigenvalue weighted by Gasteiger charge is 2.24. The Bertz CT molecular complexity index is 620. The van der Waals surface area contributed by atoms with E-state index in [2.05, 4.69) is 22.9 Å². The number of carbonyl (C=O) groups excluding carboxylic acids is 1. The maximum absolute atomic E-state index is 11.7. The third-order valence-electron chi connectivity index (χ3n) is 4.60. The molecule has 3 rings (SSSR count). The molecule has 1 amide bonds. The van der Waals surface area contributed by atoms with E-state index in [1.165, 1.54) is 19.3 Å². The lowest BCUT2D eigenvalue weighted by Gasteiger charge is -2.30. The summed E-state index contributed by atoms with van der Waals surface area (Å²) in [7, 11) is 0. The minimum Gasteiger partial charge on any atom is -0.479 e. The zero-order chi connectivity index (χ0) is 16.4. The highest BCUT2D eigenvalue weighted by Crippen LogP contribution is 2.32. The van der Waals surface area contributed by atoms with Crippen LogP contribution in [0.15, 0.2) is 18.2 Å². The molecule has 0 saturated heterocycles. The first kappa shape index (κ1) is 16.1. The number of ether oxygens (including phenoxy) is 1. The molecule has 0 spiro atoms. The van der Waals surface area contributed by atoms with Crippen molar-refractivity contribution in [3.05, 3.63) is 18.2 Å². The van der Waals surface area contributed by atoms with Gasteiger partial charge in [-0.05, 0) is 56.1 Å². The van der Waals surface area contributed by atoms with Crippen LogP contribution in [-0.2, 0) is 4.79 Å². The fourth-order valence-corrected chi connectivity index (χ4v) is 3.42. The summed E-state index contributed by atoms with van der Waals surface area (Å²) in [5, 5.41) is 10.1. The molecule has 1 aromatic carbocycles. The number of thiocarbonyl (C=S) groups is 1. The lowest BCUT2D eigenvalue weighted by molar-refractivity contribution is -0.122. The largest absolute Gasteiger partial charge is 0.479 e. The first-order valence-corrected chi connectivity index (χ1v) is 8.63. The lowest BCUT2D eigenvalue weighted by atomic mass is 9.86. The van der Waals surface area contributed by atoms with Crippen molar-refractivity contribution in [2.45, 2.75) is 51.7 Å². The Morgan fingerprint density at radius 2 is 2.09 bits per heavy atom. The molecule has 3 atom stereocenters. The number of benzene rings is 1. The second-order valence-electron chi connectivity index (χ2n) is 6.43. The van der Waals surface area contributed by atoms with Crippen LogP contribution in [0.2, 0.25) is 0 Å². The molecule has 1 aliphatic carbocycles. The van der Waals surface area contributed by atoms with Gasteiger partial charge in [-0.25, -0.2) is 0 Å². The van der Waals surface area contributed by atoms with Crippen molar-refractivity contribution in [1.29, 1.82) is 0 Å². The molecule has 1 saturated carbocycles. The SMILES string of the molecule is C[C@@H]1Oc2ccc(NC(=S)N[C@H]3CCCC[C@@H]3C)cc2NC1=O. The summed E-state index contributed by atoms with van der Waals surface area (Å²) in [6, 6.07) is 6.03. The molecule has 2 aliphatic rings. The van der Waals surface area contributed by atoms with Gasteiger partial charge in [0, 0.05) is 11.7 Å². The second-order valence-corrected chi connectivity index (χ2v) is 6.84. The molecule has 0 aromatic heterocycles. The number of amides is 1. The van der Waals surface area contributed by atoms with Crippen LogP contribution in [-0.4, -0.2) is 23.2 Å². The fraction of sp³-hybridized carbons (Fsp3) is 0.529. The van der Waals surface area contributed by atoms with Crippen molar-refractivity contribution in [2.75, 3.05) is 10.6 Å². The Morgan fingerprint density at radius 3 is 2.87 bits per heavy atom. The summed E-state index contributed by atoms with van der Waals surface area (Å²) in [6.07, 6.45) is 4.51. The first-order valence-electron chi connectivity index (χ1n) is 8.22. The summed E-state index contributed by atoms with van der Waals surface area (Å²) in [6.45, 7) is 4.00. The number of carbonyl (C=O) groups is 1. The van der Waals surface area contributed by atoms with E-state index < -0.39 is 6.10 Å². The summed E-state index contributed by atoms with van der Waals surface area (Å²) in [4.78, 5) is 11.7. The minimum atomic E-state index is -0.461. The maximum atomic E-state index is 11.7. The zero-order valence-corrected chi connectivity index (χ0v) is 14.3. The zero-order valence-electron chi connectivity index (χ0n) is 13.5. The van der Waals surface area contributed by atoms with E-state index in [0.29, 0.717) is 28.5 Å². The van der Waals surface area contributed by atoms with E-state index in [0.717, 1.165) is 12.1 Å². The molecule has 1 aliphatic heterocycles. The third kappa shape index (κ3) is 3.75. The highest BCUT2D eigenvalue weighted by molar-refractivity contribution is 7.80.